The molecule has 1 aromatic heterocycles. The first-order valence-electron chi connectivity index (χ1n) is 9.50. The molecular weight excluding hydrogens is 316 g/mol. The summed E-state index contributed by atoms with van der Waals surface area (Å²) in [7, 11) is 0. The van der Waals surface area contributed by atoms with Crippen molar-refractivity contribution in [1.82, 2.24) is 20.0 Å². The molecule has 25 heavy (non-hydrogen) atoms. The van der Waals surface area contributed by atoms with Crippen LogP contribution < -0.4 is 5.32 Å². The number of likely N-dealkylation sites (tertiary alicyclic amines) is 1. The van der Waals surface area contributed by atoms with E-state index in [1.807, 2.05) is 23.7 Å². The van der Waals surface area contributed by atoms with Gasteiger partial charge in [-0.2, -0.15) is 5.10 Å². The minimum Gasteiger partial charge on any atom is -0.377 e. The Morgan fingerprint density at radius 2 is 2.36 bits per heavy atom. The number of nitrogens with zero attached hydrogens (tertiary/aromatic N) is 3. The summed E-state index contributed by atoms with van der Waals surface area (Å²) in [6.07, 6.45) is 9.00. The first-order valence-corrected chi connectivity index (χ1v) is 9.50. The molecule has 2 saturated heterocycles. The third kappa shape index (κ3) is 4.92. The Kier molecular flexibility index (Phi) is 6.26. The van der Waals surface area contributed by atoms with Crippen molar-refractivity contribution in [1.29, 1.82) is 0 Å². The summed E-state index contributed by atoms with van der Waals surface area (Å²) in [4.78, 5) is 14.7. The second kappa shape index (κ2) is 8.63. The first-order chi connectivity index (χ1) is 12.2. The van der Waals surface area contributed by atoms with Gasteiger partial charge in [0.1, 0.15) is 0 Å². The molecule has 0 saturated carbocycles. The van der Waals surface area contributed by atoms with Crippen molar-refractivity contribution in [2.24, 2.45) is 5.92 Å². The molecule has 3 heterocycles. The van der Waals surface area contributed by atoms with E-state index in [1.165, 1.54) is 12.8 Å². The molecule has 2 fully saturated rings. The lowest BCUT2D eigenvalue weighted by Crippen LogP contribution is -2.51. The van der Waals surface area contributed by atoms with Crippen LogP contribution in [0.3, 0.4) is 0 Å². The number of rotatable bonds is 6. The minimum atomic E-state index is -0.0201. The van der Waals surface area contributed by atoms with E-state index in [0.29, 0.717) is 12.0 Å². The van der Waals surface area contributed by atoms with Crippen LogP contribution in [0.1, 0.15) is 38.8 Å². The van der Waals surface area contributed by atoms with E-state index in [-0.39, 0.29) is 11.9 Å². The number of hydrogen-bond acceptors (Lipinski definition) is 4. The average Bonchev–Trinajstić information content (AvgIpc) is 3.26. The Bertz CT molecular complexity index is 592. The number of aromatic nitrogens is 2. The zero-order valence-electron chi connectivity index (χ0n) is 15.4. The zero-order chi connectivity index (χ0) is 17.6. The van der Waals surface area contributed by atoms with Crippen LogP contribution in [0, 0.1) is 5.92 Å². The molecule has 0 aromatic carbocycles. The summed E-state index contributed by atoms with van der Waals surface area (Å²) in [5.41, 5.74) is 0.956. The fraction of sp³-hybridized carbons (Fsp3) is 0.684. The van der Waals surface area contributed by atoms with Crippen LogP contribution in [0.2, 0.25) is 0 Å². The van der Waals surface area contributed by atoms with Gasteiger partial charge in [-0.3, -0.25) is 9.48 Å². The molecule has 3 rings (SSSR count). The van der Waals surface area contributed by atoms with E-state index in [9.17, 15) is 4.79 Å². The van der Waals surface area contributed by atoms with Gasteiger partial charge in [-0.25, -0.2) is 0 Å². The quantitative estimate of drug-likeness (QED) is 0.800. The van der Waals surface area contributed by atoms with E-state index in [2.05, 4.69) is 22.2 Å². The standard InChI is InChI=1S/C19H30N4O2/c1-3-23-16(8-10-20-23)6-7-19(24)21-18-9-11-22(13-15(18)2)14-17-5-4-12-25-17/h6-8,10,15,17-18H,3-5,9,11-14H2,1-2H3,(H,21,24)/b7-6+/t15-,17-,18-/m0/s1. The van der Waals surface area contributed by atoms with Gasteiger partial charge in [-0.1, -0.05) is 6.92 Å². The van der Waals surface area contributed by atoms with Gasteiger partial charge in [0, 0.05) is 51.1 Å². The van der Waals surface area contributed by atoms with Crippen molar-refractivity contribution in [3.05, 3.63) is 24.0 Å². The van der Waals surface area contributed by atoms with Gasteiger partial charge in [0.05, 0.1) is 11.8 Å². The highest BCUT2D eigenvalue weighted by atomic mass is 16.5. The van der Waals surface area contributed by atoms with Gasteiger partial charge in [0.2, 0.25) is 5.91 Å². The molecule has 0 aliphatic carbocycles. The van der Waals surface area contributed by atoms with Gasteiger partial charge in [-0.05, 0) is 44.2 Å². The van der Waals surface area contributed by atoms with Crippen molar-refractivity contribution >= 4 is 12.0 Å². The smallest absolute Gasteiger partial charge is 0.244 e. The molecule has 1 N–H and O–H groups in total. The number of piperidine rings is 1. The Morgan fingerprint density at radius 3 is 3.08 bits per heavy atom. The van der Waals surface area contributed by atoms with Crippen LogP contribution in [-0.2, 0) is 16.1 Å². The van der Waals surface area contributed by atoms with Crippen LogP contribution in [0.25, 0.3) is 6.08 Å². The van der Waals surface area contributed by atoms with E-state index in [4.69, 9.17) is 4.74 Å². The van der Waals surface area contributed by atoms with Gasteiger partial charge >= 0.3 is 0 Å². The molecule has 2 aliphatic rings. The first kappa shape index (κ1) is 18.1. The summed E-state index contributed by atoms with van der Waals surface area (Å²) in [6.45, 7) is 9.06. The largest absolute Gasteiger partial charge is 0.377 e. The van der Waals surface area contributed by atoms with Gasteiger partial charge in [0.25, 0.3) is 0 Å². The number of carbonyl (C=O) groups is 1. The molecule has 0 bridgehead atoms. The van der Waals surface area contributed by atoms with Crippen LogP contribution >= 0.6 is 0 Å². The second-order valence-electron chi connectivity index (χ2n) is 7.18. The molecule has 0 spiro atoms. The summed E-state index contributed by atoms with van der Waals surface area (Å²) >= 11 is 0. The van der Waals surface area contributed by atoms with E-state index >= 15 is 0 Å². The molecule has 1 aromatic rings. The highest BCUT2D eigenvalue weighted by Gasteiger charge is 2.29. The highest BCUT2D eigenvalue weighted by Crippen LogP contribution is 2.20. The molecule has 138 valence electrons. The number of nitrogens with one attached hydrogen (secondary N) is 1. The lowest BCUT2D eigenvalue weighted by atomic mass is 9.93. The SMILES string of the molecule is CCn1nccc1/C=C/C(=O)N[C@H]1CCN(C[C@@H]2CCCO2)C[C@@H]1C. The Labute approximate surface area is 150 Å². The number of carbonyl (C=O) groups excluding carboxylic acids is 1. The molecule has 6 nitrogen and oxygen atoms in total. The van der Waals surface area contributed by atoms with Crippen LogP contribution in [0.5, 0.6) is 0 Å². The average molecular weight is 346 g/mol. The Morgan fingerprint density at radius 1 is 1.48 bits per heavy atom. The minimum absolute atomic E-state index is 0.0201. The molecule has 0 unspecified atom stereocenters. The second-order valence-corrected chi connectivity index (χ2v) is 7.18. The molecule has 3 atom stereocenters. The third-order valence-electron chi connectivity index (χ3n) is 5.26. The molecule has 1 amide bonds. The van der Waals surface area contributed by atoms with Crippen molar-refractivity contribution in [2.75, 3.05) is 26.2 Å². The van der Waals surface area contributed by atoms with Crippen LogP contribution in [0.15, 0.2) is 18.3 Å². The zero-order valence-corrected chi connectivity index (χ0v) is 15.4. The fourth-order valence-electron chi connectivity index (χ4n) is 3.83. The molecule has 2 aliphatic heterocycles. The lowest BCUT2D eigenvalue weighted by Gasteiger charge is -2.38. The number of ether oxygens (including phenoxy) is 1. The maximum atomic E-state index is 12.3. The Balaban J connectivity index is 1.45. The highest BCUT2D eigenvalue weighted by molar-refractivity contribution is 5.91. The summed E-state index contributed by atoms with van der Waals surface area (Å²) in [6, 6.07) is 2.16. The van der Waals surface area contributed by atoms with Gasteiger partial charge in [-0.15, -0.1) is 0 Å². The van der Waals surface area contributed by atoms with Crippen LogP contribution in [0.4, 0.5) is 0 Å². The summed E-state index contributed by atoms with van der Waals surface area (Å²) < 4.78 is 7.61. The Hall–Kier alpha value is -1.66. The van der Waals surface area contributed by atoms with E-state index < -0.39 is 0 Å². The predicted octanol–water partition coefficient (Wildman–Crippen LogP) is 1.92. The van der Waals surface area contributed by atoms with Gasteiger partial charge in [0.15, 0.2) is 0 Å². The molecule has 6 heteroatoms. The van der Waals surface area contributed by atoms with Crippen molar-refractivity contribution < 1.29 is 9.53 Å². The van der Waals surface area contributed by atoms with Crippen molar-refractivity contribution in [3.63, 3.8) is 0 Å². The third-order valence-corrected chi connectivity index (χ3v) is 5.26. The lowest BCUT2D eigenvalue weighted by molar-refractivity contribution is -0.117. The van der Waals surface area contributed by atoms with Crippen LogP contribution in [-0.4, -0.2) is 59.0 Å². The fourth-order valence-corrected chi connectivity index (χ4v) is 3.83. The predicted molar refractivity (Wildman–Crippen MR) is 98.1 cm³/mol. The van der Waals surface area contributed by atoms with E-state index in [0.717, 1.165) is 44.9 Å². The maximum Gasteiger partial charge on any atom is 0.244 e. The number of amides is 1. The summed E-state index contributed by atoms with van der Waals surface area (Å²) in [5.74, 6) is 0.432. The van der Waals surface area contributed by atoms with Gasteiger partial charge < -0.3 is 15.0 Å². The maximum absolute atomic E-state index is 12.3. The molecule has 0 radical (unpaired) electrons. The summed E-state index contributed by atoms with van der Waals surface area (Å²) in [5, 5.41) is 7.38. The normalized spacial score (nSPS) is 27.8. The molecular formula is C19H30N4O2. The van der Waals surface area contributed by atoms with E-state index in [1.54, 1.807) is 12.3 Å². The topological polar surface area (TPSA) is 59.4 Å². The number of aryl methyl sites for hydroxylation is 1. The van der Waals surface area contributed by atoms with Crippen molar-refractivity contribution in [3.8, 4) is 0 Å². The monoisotopic (exact) mass is 346 g/mol. The number of hydrogen-bond donors (Lipinski definition) is 1. The van der Waals surface area contributed by atoms with Crippen molar-refractivity contribution in [2.45, 2.75) is 51.8 Å².